The van der Waals surface area contributed by atoms with Crippen molar-refractivity contribution in [3.8, 4) is 0 Å². The van der Waals surface area contributed by atoms with Crippen LogP contribution in [-0.2, 0) is 0 Å². The number of hydrogen-bond acceptors (Lipinski definition) is 0. The fourth-order valence-electron chi connectivity index (χ4n) is 3.30. The summed E-state index contributed by atoms with van der Waals surface area (Å²) in [7, 11) is 0. The van der Waals surface area contributed by atoms with Crippen LogP contribution in [0.5, 0.6) is 0 Å². The average Bonchev–Trinajstić information content (AvgIpc) is 3.00. The van der Waals surface area contributed by atoms with Crippen molar-refractivity contribution in [3.63, 3.8) is 0 Å². The van der Waals surface area contributed by atoms with Gasteiger partial charge in [0.2, 0.25) is 0 Å². The molecule has 1 spiro atoms. The summed E-state index contributed by atoms with van der Waals surface area (Å²) in [4.78, 5) is 0. The van der Waals surface area contributed by atoms with Crippen LogP contribution in [0.2, 0.25) is 0 Å². The van der Waals surface area contributed by atoms with E-state index in [0.29, 0.717) is 0 Å². The largest absolute Gasteiger partial charge is 0.0683 e. The first-order valence-corrected chi connectivity index (χ1v) is 9.33. The van der Waals surface area contributed by atoms with Crippen molar-refractivity contribution >= 4 is 0 Å². The molecule has 0 amide bonds. The van der Waals surface area contributed by atoms with Crippen molar-refractivity contribution < 1.29 is 0 Å². The van der Waals surface area contributed by atoms with Gasteiger partial charge in [0.15, 0.2) is 0 Å². The topological polar surface area (TPSA) is 0 Å². The van der Waals surface area contributed by atoms with E-state index in [-0.39, 0.29) is 0 Å². The highest BCUT2D eigenvalue weighted by atomic mass is 14.4. The Bertz CT molecular complexity index is 131. The number of hydrogen-bond donors (Lipinski definition) is 0. The van der Waals surface area contributed by atoms with Crippen molar-refractivity contribution in [2.75, 3.05) is 0 Å². The van der Waals surface area contributed by atoms with Crippen molar-refractivity contribution in [1.29, 1.82) is 0 Å². The molecule has 0 bridgehead atoms. The fourth-order valence-corrected chi connectivity index (χ4v) is 3.30. The Morgan fingerprint density at radius 2 is 0.895 bits per heavy atom. The second-order valence-electron chi connectivity index (χ2n) is 4.72. The lowest BCUT2D eigenvalue weighted by atomic mass is 9.66. The van der Waals surface area contributed by atoms with E-state index in [2.05, 4.69) is 6.92 Å². The van der Waals surface area contributed by atoms with Crippen LogP contribution in [0.15, 0.2) is 0 Å². The summed E-state index contributed by atoms with van der Waals surface area (Å²) in [6.07, 6.45) is 12.2. The predicted molar refractivity (Wildman–Crippen MR) is 93.9 cm³/mol. The Kier molecular flexibility index (Phi) is 22.8. The maximum absolute atomic E-state index is 2.49. The molecule has 0 saturated heterocycles. The molecule has 0 aromatic carbocycles. The molecule has 0 aromatic rings. The second kappa shape index (κ2) is 18.0. The highest BCUT2D eigenvalue weighted by Crippen LogP contribution is 2.52. The molecular formula is C19H44. The van der Waals surface area contributed by atoms with Crippen LogP contribution < -0.4 is 0 Å². The van der Waals surface area contributed by atoms with Gasteiger partial charge >= 0.3 is 0 Å². The van der Waals surface area contributed by atoms with Gasteiger partial charge in [-0.3, -0.25) is 0 Å². The summed E-state index contributed by atoms with van der Waals surface area (Å²) in [6.45, 7) is 18.5. The average molecular weight is 273 g/mol. The summed E-state index contributed by atoms with van der Waals surface area (Å²) in [5, 5.41) is 0. The molecule has 0 N–H and O–H groups in total. The summed E-state index contributed by atoms with van der Waals surface area (Å²) in [6, 6.07) is 0. The minimum absolute atomic E-state index is 0.832. The maximum atomic E-state index is 2.49. The Balaban J connectivity index is -0.000000278. The molecule has 2 aliphatic rings. The zero-order valence-corrected chi connectivity index (χ0v) is 15.7. The Hall–Kier alpha value is 0. The van der Waals surface area contributed by atoms with E-state index < -0.39 is 0 Å². The van der Waals surface area contributed by atoms with E-state index in [1.165, 1.54) is 32.1 Å². The van der Waals surface area contributed by atoms with E-state index in [9.17, 15) is 0 Å². The molecular weight excluding hydrogens is 228 g/mol. The van der Waals surface area contributed by atoms with Crippen LogP contribution in [0, 0.1) is 11.3 Å². The van der Waals surface area contributed by atoms with Crippen LogP contribution in [0.1, 0.15) is 114 Å². The van der Waals surface area contributed by atoms with Crippen LogP contribution >= 0.6 is 0 Å². The van der Waals surface area contributed by atoms with Crippen LogP contribution in [0.25, 0.3) is 0 Å². The molecule has 120 valence electrons. The van der Waals surface area contributed by atoms with Gasteiger partial charge in [-0.05, 0) is 30.6 Å². The summed E-state index contributed by atoms with van der Waals surface area (Å²) >= 11 is 0. The van der Waals surface area contributed by atoms with Crippen molar-refractivity contribution in [1.82, 2.24) is 0 Å². The van der Waals surface area contributed by atoms with Gasteiger partial charge in [-0.15, -0.1) is 0 Å². The maximum Gasteiger partial charge on any atom is -0.0272 e. The van der Waals surface area contributed by atoms with Crippen molar-refractivity contribution in [3.05, 3.63) is 0 Å². The highest BCUT2D eigenvalue weighted by molar-refractivity contribution is 4.91. The van der Waals surface area contributed by atoms with Crippen LogP contribution in [-0.4, -0.2) is 0 Å². The van der Waals surface area contributed by atoms with Gasteiger partial charge < -0.3 is 0 Å². The zero-order valence-electron chi connectivity index (χ0n) is 15.7. The minimum atomic E-state index is 0.832. The van der Waals surface area contributed by atoms with Crippen molar-refractivity contribution in [2.45, 2.75) is 114 Å². The number of rotatable bonds is 0. The van der Waals surface area contributed by atoms with E-state index in [1.807, 2.05) is 55.4 Å². The van der Waals surface area contributed by atoms with Crippen molar-refractivity contribution in [2.24, 2.45) is 11.3 Å². The fraction of sp³-hybridized carbons (Fsp3) is 1.00. The first-order valence-electron chi connectivity index (χ1n) is 9.33. The molecule has 0 radical (unpaired) electrons. The van der Waals surface area contributed by atoms with E-state index >= 15 is 0 Å². The summed E-state index contributed by atoms with van der Waals surface area (Å²) in [5.41, 5.74) is 0.832. The van der Waals surface area contributed by atoms with E-state index in [0.717, 1.165) is 11.3 Å². The summed E-state index contributed by atoms with van der Waals surface area (Å²) in [5.74, 6) is 1.04. The van der Waals surface area contributed by atoms with Gasteiger partial charge in [0.05, 0.1) is 0 Å². The van der Waals surface area contributed by atoms with E-state index in [1.54, 1.807) is 19.3 Å². The molecule has 1 atom stereocenters. The molecule has 0 aliphatic heterocycles. The molecule has 0 aromatic heterocycles. The SMILES string of the molecule is CC.CC.CC.CC.CC1CCCCC12CCCC2. The Morgan fingerprint density at radius 1 is 0.579 bits per heavy atom. The lowest BCUT2D eigenvalue weighted by Gasteiger charge is -2.39. The molecule has 0 nitrogen and oxygen atoms in total. The summed E-state index contributed by atoms with van der Waals surface area (Å²) < 4.78 is 0. The zero-order chi connectivity index (χ0) is 15.7. The monoisotopic (exact) mass is 272 g/mol. The molecule has 19 heavy (non-hydrogen) atoms. The molecule has 2 fully saturated rings. The lowest BCUT2D eigenvalue weighted by Crippen LogP contribution is -2.28. The van der Waals surface area contributed by atoms with Crippen LogP contribution in [0.3, 0.4) is 0 Å². The Morgan fingerprint density at radius 3 is 1.21 bits per heavy atom. The molecule has 1 unspecified atom stereocenters. The molecule has 0 heteroatoms. The van der Waals surface area contributed by atoms with Gasteiger partial charge in [-0.1, -0.05) is 94.4 Å². The molecule has 2 rings (SSSR count). The molecule has 0 heterocycles. The van der Waals surface area contributed by atoms with Gasteiger partial charge in [-0.2, -0.15) is 0 Å². The third-order valence-electron chi connectivity index (χ3n) is 4.21. The van der Waals surface area contributed by atoms with E-state index in [4.69, 9.17) is 0 Å². The van der Waals surface area contributed by atoms with Gasteiger partial charge in [-0.25, -0.2) is 0 Å². The smallest absolute Gasteiger partial charge is 0.0272 e. The third-order valence-corrected chi connectivity index (χ3v) is 4.21. The lowest BCUT2D eigenvalue weighted by molar-refractivity contribution is 0.115. The molecule has 2 saturated carbocycles. The Labute approximate surface area is 125 Å². The first-order chi connectivity index (χ1) is 9.33. The van der Waals surface area contributed by atoms with Gasteiger partial charge in [0, 0.05) is 0 Å². The predicted octanol–water partition coefficient (Wildman–Crippen LogP) is 7.86. The normalized spacial score (nSPS) is 22.3. The third kappa shape index (κ3) is 8.71. The molecule has 2 aliphatic carbocycles. The quantitative estimate of drug-likeness (QED) is 0.421. The van der Waals surface area contributed by atoms with Crippen LogP contribution in [0.4, 0.5) is 0 Å². The highest BCUT2D eigenvalue weighted by Gasteiger charge is 2.39. The van der Waals surface area contributed by atoms with Gasteiger partial charge in [0.1, 0.15) is 0 Å². The minimum Gasteiger partial charge on any atom is -0.0683 e. The first kappa shape index (κ1) is 24.0. The second-order valence-corrected chi connectivity index (χ2v) is 4.72. The standard InChI is InChI=1S/C11H20.4C2H6/c1-10-6-2-3-7-11(10)8-4-5-9-11;4*1-2/h10H,2-9H2,1H3;4*1-2H3. The van der Waals surface area contributed by atoms with Gasteiger partial charge in [0.25, 0.3) is 0 Å².